The Morgan fingerprint density at radius 2 is 1.86 bits per heavy atom. The summed E-state index contributed by atoms with van der Waals surface area (Å²) >= 11 is 1.84. The number of fused-ring (bicyclic) bond motifs is 3. The summed E-state index contributed by atoms with van der Waals surface area (Å²) in [5.41, 5.74) is -7.13. The first-order valence-corrected chi connectivity index (χ1v) is 13.8. The van der Waals surface area contributed by atoms with Crippen LogP contribution in [-0.2, 0) is 19.1 Å². The third kappa shape index (κ3) is 3.84. The molecule has 0 aromatic rings. The summed E-state index contributed by atoms with van der Waals surface area (Å²) in [5.74, 6) is 0.226. The Hall–Kier alpha value is -0.970. The minimum Gasteiger partial charge on any atom is -0.458 e. The molecule has 2 saturated heterocycles. The van der Waals surface area contributed by atoms with Crippen LogP contribution in [0.25, 0.3) is 0 Å². The van der Waals surface area contributed by atoms with Crippen LogP contribution in [0.15, 0.2) is 12.7 Å². The van der Waals surface area contributed by atoms with Crippen LogP contribution in [0.3, 0.4) is 0 Å². The summed E-state index contributed by atoms with van der Waals surface area (Å²) in [5, 5.41) is 35.5. The average Bonchev–Trinajstić information content (AvgIpc) is 2.78. The first kappa shape index (κ1) is 27.1. The maximum Gasteiger partial charge on any atom is 0.320 e. The van der Waals surface area contributed by atoms with E-state index in [9.17, 15) is 24.9 Å². The summed E-state index contributed by atoms with van der Waals surface area (Å²) in [6.45, 7) is 14.3. The second-order valence-corrected chi connectivity index (χ2v) is 13.4. The van der Waals surface area contributed by atoms with Gasteiger partial charge >= 0.3 is 5.97 Å². The topological polar surface area (TPSA) is 117 Å². The van der Waals surface area contributed by atoms with Gasteiger partial charge in [-0.05, 0) is 32.1 Å². The Morgan fingerprint density at radius 3 is 2.46 bits per heavy atom. The first-order valence-electron chi connectivity index (χ1n) is 12.6. The van der Waals surface area contributed by atoms with E-state index in [4.69, 9.17) is 9.47 Å². The number of ether oxygens (including phenoxy) is 2. The van der Waals surface area contributed by atoms with Crippen molar-refractivity contribution in [2.75, 3.05) is 31.1 Å². The number of esters is 1. The zero-order valence-electron chi connectivity index (χ0n) is 21.6. The molecule has 2 heterocycles. The zero-order chi connectivity index (χ0) is 26.0. The molecule has 198 valence electrons. The van der Waals surface area contributed by atoms with Crippen LogP contribution in [-0.4, -0.2) is 98.2 Å². The molecular weight excluding hydrogens is 470 g/mol. The molecule has 8 atom stereocenters. The molecule has 4 unspecified atom stereocenters. The molecule has 4 aliphatic rings. The van der Waals surface area contributed by atoms with E-state index in [1.54, 1.807) is 13.8 Å². The molecule has 4 rings (SSSR count). The fourth-order valence-corrected chi connectivity index (χ4v) is 8.51. The van der Waals surface area contributed by atoms with Gasteiger partial charge in [-0.2, -0.15) is 11.8 Å². The highest BCUT2D eigenvalue weighted by atomic mass is 32.2. The molecule has 0 aromatic heterocycles. The van der Waals surface area contributed by atoms with Crippen molar-refractivity contribution >= 4 is 23.5 Å². The van der Waals surface area contributed by atoms with Gasteiger partial charge in [-0.1, -0.05) is 26.8 Å². The summed E-state index contributed by atoms with van der Waals surface area (Å²) in [6.07, 6.45) is -1.33. The van der Waals surface area contributed by atoms with Crippen LogP contribution in [0.2, 0.25) is 0 Å². The lowest BCUT2D eigenvalue weighted by molar-refractivity contribution is -0.370. The van der Waals surface area contributed by atoms with Crippen molar-refractivity contribution in [3.8, 4) is 0 Å². The highest BCUT2D eigenvalue weighted by Gasteiger charge is 2.81. The molecule has 9 heteroatoms. The Labute approximate surface area is 212 Å². The quantitative estimate of drug-likeness (QED) is 0.382. The third-order valence-corrected chi connectivity index (χ3v) is 10.4. The van der Waals surface area contributed by atoms with Crippen LogP contribution in [0.1, 0.15) is 53.9 Å². The van der Waals surface area contributed by atoms with Crippen LogP contribution in [0, 0.1) is 16.7 Å². The highest BCUT2D eigenvalue weighted by molar-refractivity contribution is 7.99. The van der Waals surface area contributed by atoms with Gasteiger partial charge in [-0.3, -0.25) is 14.5 Å². The second-order valence-electron chi connectivity index (χ2n) is 12.1. The van der Waals surface area contributed by atoms with E-state index in [0.29, 0.717) is 12.8 Å². The Bertz CT molecular complexity index is 891. The van der Waals surface area contributed by atoms with Gasteiger partial charge in [0.1, 0.15) is 17.8 Å². The number of thioether (sulfide) groups is 1. The Balaban J connectivity index is 1.80. The molecule has 35 heavy (non-hydrogen) atoms. The van der Waals surface area contributed by atoms with Crippen molar-refractivity contribution in [3.63, 3.8) is 0 Å². The molecule has 2 aliphatic heterocycles. The van der Waals surface area contributed by atoms with Crippen LogP contribution in [0.4, 0.5) is 0 Å². The number of carbonyl (C=O) groups excluding carboxylic acids is 2. The molecule has 2 aliphatic carbocycles. The average molecular weight is 512 g/mol. The first-order chi connectivity index (χ1) is 16.2. The van der Waals surface area contributed by atoms with Gasteiger partial charge in [-0.25, -0.2) is 0 Å². The van der Waals surface area contributed by atoms with Crippen molar-refractivity contribution in [1.29, 1.82) is 0 Å². The molecule has 4 fully saturated rings. The van der Waals surface area contributed by atoms with Crippen LogP contribution >= 0.6 is 11.8 Å². The van der Waals surface area contributed by atoms with Gasteiger partial charge in [-0.15, -0.1) is 6.58 Å². The molecule has 0 amide bonds. The number of hydrogen-bond acceptors (Lipinski definition) is 9. The SMILES string of the molecule is C=C[C@@]1(C)CC(=O)[C@]2(O)C3(C)C(C(OC(=O)CN4CCSCC4)C(O)[C@@]2(C)O1)C(C)(C)CC[C@@H]3O. The van der Waals surface area contributed by atoms with E-state index in [-0.39, 0.29) is 13.0 Å². The van der Waals surface area contributed by atoms with Gasteiger partial charge in [0.05, 0.1) is 18.2 Å². The summed E-state index contributed by atoms with van der Waals surface area (Å²) in [6, 6.07) is 0. The maximum atomic E-state index is 13.8. The van der Waals surface area contributed by atoms with Crippen molar-refractivity contribution in [1.82, 2.24) is 4.90 Å². The lowest BCUT2D eigenvalue weighted by atomic mass is 9.40. The minimum absolute atomic E-state index is 0.0986. The number of aliphatic hydroxyl groups excluding tert-OH is 2. The molecular formula is C26H41NO7S. The monoisotopic (exact) mass is 511 g/mol. The third-order valence-electron chi connectivity index (χ3n) is 9.46. The molecule has 0 aromatic carbocycles. The normalized spacial score (nSPS) is 47.9. The van der Waals surface area contributed by atoms with E-state index in [2.05, 4.69) is 6.58 Å². The maximum absolute atomic E-state index is 13.8. The molecule has 2 saturated carbocycles. The van der Waals surface area contributed by atoms with E-state index in [1.165, 1.54) is 13.0 Å². The van der Waals surface area contributed by atoms with E-state index < -0.39 is 63.6 Å². The van der Waals surface area contributed by atoms with Crippen LogP contribution < -0.4 is 0 Å². The van der Waals surface area contributed by atoms with Gasteiger partial charge in [0.25, 0.3) is 0 Å². The summed E-state index contributed by atoms with van der Waals surface area (Å²) < 4.78 is 12.4. The highest BCUT2D eigenvalue weighted by Crippen LogP contribution is 2.67. The Kier molecular flexibility index (Phi) is 6.81. The number of nitrogens with zero attached hydrogens (tertiary/aromatic N) is 1. The smallest absolute Gasteiger partial charge is 0.320 e. The molecule has 8 nitrogen and oxygen atoms in total. The summed E-state index contributed by atoms with van der Waals surface area (Å²) in [7, 11) is 0. The predicted octanol–water partition coefficient (Wildman–Crippen LogP) is 1.55. The number of rotatable bonds is 4. The van der Waals surface area contributed by atoms with Crippen molar-refractivity contribution in [3.05, 3.63) is 12.7 Å². The van der Waals surface area contributed by atoms with Gasteiger partial charge in [0, 0.05) is 42.3 Å². The van der Waals surface area contributed by atoms with Gasteiger partial charge in [0.2, 0.25) is 0 Å². The van der Waals surface area contributed by atoms with E-state index in [1.807, 2.05) is 30.5 Å². The Morgan fingerprint density at radius 1 is 1.23 bits per heavy atom. The minimum atomic E-state index is -2.20. The zero-order valence-corrected chi connectivity index (χ0v) is 22.4. The standard InChI is InChI=1S/C26H41NO7S/c1-7-23(4)14-17(29)26(32)24(5)16(28)8-9-22(2,3)20(24)19(21(31)25(26,6)34-23)33-18(30)15-27-10-12-35-13-11-27/h7,16,19-21,28,31-32H,1,8-15H2,2-6H3/t16-,19?,20?,21?,23-,24?,25+,26-/m0/s1. The number of ketones is 1. The van der Waals surface area contributed by atoms with Gasteiger partial charge < -0.3 is 24.8 Å². The lowest BCUT2D eigenvalue weighted by Gasteiger charge is -2.71. The number of Topliss-reactive ketones (excluding diaryl/α,β-unsaturated/α-hetero) is 1. The summed E-state index contributed by atoms with van der Waals surface area (Å²) in [4.78, 5) is 29.0. The fraction of sp³-hybridized carbons (Fsp3) is 0.846. The molecule has 3 N–H and O–H groups in total. The van der Waals surface area contributed by atoms with Gasteiger partial charge in [0.15, 0.2) is 11.4 Å². The largest absolute Gasteiger partial charge is 0.458 e. The predicted molar refractivity (Wildman–Crippen MR) is 133 cm³/mol. The molecule has 0 radical (unpaired) electrons. The second kappa shape index (κ2) is 8.81. The lowest BCUT2D eigenvalue weighted by Crippen LogP contribution is -2.86. The molecule has 0 bridgehead atoms. The van der Waals surface area contributed by atoms with Crippen molar-refractivity contribution in [2.45, 2.75) is 89.0 Å². The number of carbonyl (C=O) groups is 2. The van der Waals surface area contributed by atoms with Crippen molar-refractivity contribution in [2.24, 2.45) is 16.7 Å². The fourth-order valence-electron chi connectivity index (χ4n) is 7.54. The number of aliphatic hydroxyl groups is 3. The van der Waals surface area contributed by atoms with Crippen LogP contribution in [0.5, 0.6) is 0 Å². The van der Waals surface area contributed by atoms with E-state index >= 15 is 0 Å². The molecule has 0 spiro atoms. The van der Waals surface area contributed by atoms with E-state index in [0.717, 1.165) is 24.6 Å². The van der Waals surface area contributed by atoms with Crippen molar-refractivity contribution < 1.29 is 34.4 Å². The number of hydrogen-bond donors (Lipinski definition) is 3.